The quantitative estimate of drug-likeness (QED) is 0.865. The van der Waals surface area contributed by atoms with Crippen molar-refractivity contribution in [3.63, 3.8) is 0 Å². The van der Waals surface area contributed by atoms with E-state index in [1.54, 1.807) is 0 Å². The molecule has 0 radical (unpaired) electrons. The van der Waals surface area contributed by atoms with Crippen LogP contribution in [-0.2, 0) is 13.2 Å². The fraction of sp³-hybridized carbons (Fsp3) is 0.875. The zero-order chi connectivity index (χ0) is 15.7. The Kier molecular flexibility index (Phi) is 4.71. The number of fused-ring (bicyclic) bond motifs is 1. The Morgan fingerprint density at radius 3 is 2.95 bits per heavy atom. The number of aliphatic hydroxyl groups is 1. The fourth-order valence-electron chi connectivity index (χ4n) is 4.08. The highest BCUT2D eigenvalue weighted by atomic mass is 32.1. The molecular formula is C16H28N4OS. The van der Waals surface area contributed by atoms with E-state index in [2.05, 4.69) is 21.5 Å². The molecule has 2 atom stereocenters. The summed E-state index contributed by atoms with van der Waals surface area (Å²) in [7, 11) is 0. The number of nitrogens with zero attached hydrogens (tertiary/aromatic N) is 4. The number of likely N-dealkylation sites (tertiary alicyclic amines) is 1. The van der Waals surface area contributed by atoms with Gasteiger partial charge in [-0.3, -0.25) is 4.90 Å². The van der Waals surface area contributed by atoms with Crippen molar-refractivity contribution in [3.8, 4) is 0 Å². The fourth-order valence-corrected chi connectivity index (χ4v) is 4.40. The highest BCUT2D eigenvalue weighted by molar-refractivity contribution is 7.71. The van der Waals surface area contributed by atoms with Crippen LogP contribution < -0.4 is 0 Å². The van der Waals surface area contributed by atoms with Crippen molar-refractivity contribution in [1.29, 1.82) is 0 Å². The third kappa shape index (κ3) is 3.01. The summed E-state index contributed by atoms with van der Waals surface area (Å²) in [5.41, 5.74) is -0.409. The van der Waals surface area contributed by atoms with Crippen molar-refractivity contribution in [2.24, 2.45) is 5.92 Å². The van der Waals surface area contributed by atoms with Gasteiger partial charge in [-0.2, -0.15) is 5.10 Å². The molecule has 1 saturated heterocycles. The van der Waals surface area contributed by atoms with E-state index in [1.807, 2.05) is 11.6 Å². The van der Waals surface area contributed by atoms with Crippen molar-refractivity contribution in [2.75, 3.05) is 13.1 Å². The van der Waals surface area contributed by atoms with Gasteiger partial charge < -0.3 is 9.67 Å². The molecule has 0 aromatic carbocycles. The Morgan fingerprint density at radius 1 is 1.36 bits per heavy atom. The van der Waals surface area contributed by atoms with Gasteiger partial charge in [0.15, 0.2) is 4.77 Å². The first-order chi connectivity index (χ1) is 10.5. The first kappa shape index (κ1) is 16.1. The van der Waals surface area contributed by atoms with E-state index in [0.29, 0.717) is 5.92 Å². The zero-order valence-corrected chi connectivity index (χ0v) is 14.6. The molecule has 0 bridgehead atoms. The van der Waals surface area contributed by atoms with Crippen molar-refractivity contribution in [1.82, 2.24) is 19.2 Å². The highest BCUT2D eigenvalue weighted by Crippen LogP contribution is 2.39. The molecule has 0 amide bonds. The number of rotatable bonds is 4. The molecule has 1 aromatic rings. The van der Waals surface area contributed by atoms with Gasteiger partial charge in [0.05, 0.1) is 12.3 Å². The van der Waals surface area contributed by atoms with Gasteiger partial charge in [-0.05, 0) is 44.8 Å². The Hall–Kier alpha value is -0.720. The van der Waals surface area contributed by atoms with Crippen LogP contribution in [0.4, 0.5) is 0 Å². The Labute approximate surface area is 137 Å². The van der Waals surface area contributed by atoms with E-state index >= 15 is 0 Å². The van der Waals surface area contributed by atoms with Gasteiger partial charge in [0, 0.05) is 25.6 Å². The van der Waals surface area contributed by atoms with Crippen LogP contribution in [0.25, 0.3) is 0 Å². The van der Waals surface area contributed by atoms with Gasteiger partial charge >= 0.3 is 0 Å². The first-order valence-electron chi connectivity index (χ1n) is 8.62. The summed E-state index contributed by atoms with van der Waals surface area (Å²) in [5.74, 6) is 1.42. The predicted molar refractivity (Wildman–Crippen MR) is 89.2 cm³/mol. The highest BCUT2D eigenvalue weighted by Gasteiger charge is 2.42. The summed E-state index contributed by atoms with van der Waals surface area (Å²) in [6.07, 6.45) is 6.53. The monoisotopic (exact) mass is 324 g/mol. The molecule has 2 fully saturated rings. The lowest BCUT2D eigenvalue weighted by Crippen LogP contribution is -2.53. The van der Waals surface area contributed by atoms with Crippen molar-refractivity contribution in [3.05, 3.63) is 10.6 Å². The van der Waals surface area contributed by atoms with Crippen molar-refractivity contribution < 1.29 is 5.11 Å². The minimum absolute atomic E-state index is 0.409. The third-order valence-corrected chi connectivity index (χ3v) is 5.83. The van der Waals surface area contributed by atoms with E-state index in [9.17, 15) is 5.11 Å². The maximum absolute atomic E-state index is 10.8. The molecule has 2 unspecified atom stereocenters. The van der Waals surface area contributed by atoms with Crippen LogP contribution in [-0.4, -0.2) is 43.0 Å². The lowest BCUT2D eigenvalue weighted by Gasteiger charge is -2.47. The van der Waals surface area contributed by atoms with Crippen LogP contribution in [0.2, 0.25) is 0 Å². The van der Waals surface area contributed by atoms with E-state index < -0.39 is 5.60 Å². The lowest BCUT2D eigenvalue weighted by molar-refractivity contribution is -0.101. The van der Waals surface area contributed by atoms with Crippen LogP contribution in [0, 0.1) is 17.6 Å². The standard InChI is InChI=1S/C16H28N4OS/c1-3-9-19-13(2)17-20(15(19)22)12-18-10-8-16(21)7-5-4-6-14(16)11-18/h14,21H,3-12H2,1-2H3. The van der Waals surface area contributed by atoms with Gasteiger partial charge in [-0.15, -0.1) is 0 Å². The topological polar surface area (TPSA) is 46.2 Å². The minimum Gasteiger partial charge on any atom is -0.390 e. The smallest absolute Gasteiger partial charge is 0.199 e. The molecule has 3 rings (SSSR count). The third-order valence-electron chi connectivity index (χ3n) is 5.40. The molecule has 1 saturated carbocycles. The largest absolute Gasteiger partial charge is 0.390 e. The van der Waals surface area contributed by atoms with Crippen LogP contribution in [0.5, 0.6) is 0 Å². The first-order valence-corrected chi connectivity index (χ1v) is 9.03. The molecule has 6 heteroatoms. The molecule has 124 valence electrons. The Bertz CT molecular complexity index is 581. The molecule has 1 aliphatic heterocycles. The Balaban J connectivity index is 1.70. The van der Waals surface area contributed by atoms with E-state index in [0.717, 1.165) is 62.6 Å². The molecule has 1 aliphatic carbocycles. The summed E-state index contributed by atoms with van der Waals surface area (Å²) in [5, 5.41) is 15.4. The Morgan fingerprint density at radius 2 is 2.18 bits per heavy atom. The van der Waals surface area contributed by atoms with E-state index in [1.165, 1.54) is 12.8 Å². The van der Waals surface area contributed by atoms with Crippen molar-refractivity contribution in [2.45, 2.75) is 71.2 Å². The molecule has 5 nitrogen and oxygen atoms in total. The summed E-state index contributed by atoms with van der Waals surface area (Å²) in [6, 6.07) is 0. The van der Waals surface area contributed by atoms with Crippen LogP contribution in [0.3, 0.4) is 0 Å². The van der Waals surface area contributed by atoms with Crippen LogP contribution in [0.1, 0.15) is 51.3 Å². The van der Waals surface area contributed by atoms with Gasteiger partial charge in [0.2, 0.25) is 0 Å². The van der Waals surface area contributed by atoms with Crippen molar-refractivity contribution >= 4 is 12.2 Å². The number of hydrogen-bond acceptors (Lipinski definition) is 4. The lowest BCUT2D eigenvalue weighted by atomic mass is 9.71. The molecular weight excluding hydrogens is 296 g/mol. The molecule has 2 heterocycles. The SMILES string of the molecule is CCCn1c(C)nn(CN2CCC3(O)CCCCC3C2)c1=S. The molecule has 1 aromatic heterocycles. The number of aryl methyl sites for hydroxylation is 1. The maximum atomic E-state index is 10.8. The van der Waals surface area contributed by atoms with Gasteiger partial charge in [-0.25, -0.2) is 4.68 Å². The van der Waals surface area contributed by atoms with Crippen LogP contribution >= 0.6 is 12.2 Å². The molecule has 22 heavy (non-hydrogen) atoms. The summed E-state index contributed by atoms with van der Waals surface area (Å²) >= 11 is 5.57. The average Bonchev–Trinajstić information content (AvgIpc) is 2.75. The second kappa shape index (κ2) is 6.42. The molecule has 1 N–H and O–H groups in total. The predicted octanol–water partition coefficient (Wildman–Crippen LogP) is 2.72. The average molecular weight is 324 g/mol. The normalized spacial score (nSPS) is 29.5. The molecule has 0 spiro atoms. The van der Waals surface area contributed by atoms with Gasteiger partial charge in [-0.1, -0.05) is 19.8 Å². The minimum atomic E-state index is -0.409. The maximum Gasteiger partial charge on any atom is 0.199 e. The molecule has 2 aliphatic rings. The van der Waals surface area contributed by atoms with Crippen LogP contribution in [0.15, 0.2) is 0 Å². The second-order valence-electron chi connectivity index (χ2n) is 7.00. The number of piperidine rings is 1. The van der Waals surface area contributed by atoms with Gasteiger partial charge in [0.1, 0.15) is 5.82 Å². The second-order valence-corrected chi connectivity index (χ2v) is 7.36. The summed E-state index contributed by atoms with van der Waals surface area (Å²) in [4.78, 5) is 2.41. The van der Waals surface area contributed by atoms with Gasteiger partial charge in [0.25, 0.3) is 0 Å². The number of aromatic nitrogens is 3. The number of hydrogen-bond donors (Lipinski definition) is 1. The zero-order valence-electron chi connectivity index (χ0n) is 13.8. The summed E-state index contributed by atoms with van der Waals surface area (Å²) < 4.78 is 4.90. The summed E-state index contributed by atoms with van der Waals surface area (Å²) in [6.45, 7) is 7.79. The van der Waals surface area contributed by atoms with E-state index in [-0.39, 0.29) is 0 Å². The van der Waals surface area contributed by atoms with E-state index in [4.69, 9.17) is 12.2 Å².